The average Bonchev–Trinajstić information content (AvgIpc) is 3.40. The van der Waals surface area contributed by atoms with Gasteiger partial charge >= 0.3 is 0 Å². The van der Waals surface area contributed by atoms with Gasteiger partial charge in [-0.05, 0) is 53.4 Å². The number of hydrogen-bond donors (Lipinski definition) is 2. The van der Waals surface area contributed by atoms with E-state index >= 15 is 0 Å². The number of aliphatic imine (C=N–C) groups is 1. The van der Waals surface area contributed by atoms with E-state index < -0.39 is 11.6 Å². The third-order valence-electron chi connectivity index (χ3n) is 7.09. The molecule has 0 spiro atoms. The first-order valence-electron chi connectivity index (χ1n) is 13.8. The largest absolute Gasteiger partial charge is 0.494 e. The van der Waals surface area contributed by atoms with Gasteiger partial charge in [-0.1, -0.05) is 94.8 Å². The van der Waals surface area contributed by atoms with E-state index in [0.717, 1.165) is 26.7 Å². The maximum Gasteiger partial charge on any atom is 0.252 e. The third kappa shape index (κ3) is 6.87. The topological polar surface area (TPSA) is 80.2 Å². The molecule has 6 nitrogen and oxygen atoms in total. The Morgan fingerprint density at radius 1 is 0.927 bits per heavy atom. The Balaban J connectivity index is 1.51. The lowest BCUT2D eigenvalue weighted by molar-refractivity contribution is -0.128. The van der Waals surface area contributed by atoms with Crippen LogP contribution in [-0.2, 0) is 22.4 Å². The summed E-state index contributed by atoms with van der Waals surface area (Å²) in [6, 6.07) is 35.3. The van der Waals surface area contributed by atoms with Crippen molar-refractivity contribution in [3.05, 3.63) is 136 Å². The fourth-order valence-electron chi connectivity index (χ4n) is 4.96. The Morgan fingerprint density at radius 3 is 2.32 bits per heavy atom. The maximum absolute atomic E-state index is 14.3. The van der Waals surface area contributed by atoms with Crippen molar-refractivity contribution in [1.82, 2.24) is 5.32 Å². The summed E-state index contributed by atoms with van der Waals surface area (Å²) in [6.07, 6.45) is 0.982. The van der Waals surface area contributed by atoms with Crippen LogP contribution < -0.4 is 10.1 Å². The number of aliphatic hydroxyl groups is 1. The molecule has 0 radical (unpaired) electrons. The first kappa shape index (κ1) is 28.6. The summed E-state index contributed by atoms with van der Waals surface area (Å²) in [7, 11) is 0. The second kappa shape index (κ2) is 13.6. The van der Waals surface area contributed by atoms with Gasteiger partial charge in [0, 0.05) is 36.0 Å². The molecule has 210 valence electrons. The van der Waals surface area contributed by atoms with Crippen molar-refractivity contribution in [2.75, 3.05) is 19.8 Å². The van der Waals surface area contributed by atoms with Crippen LogP contribution in [-0.4, -0.2) is 42.2 Å². The lowest BCUT2D eigenvalue weighted by Gasteiger charge is -2.31. The van der Waals surface area contributed by atoms with E-state index in [9.17, 15) is 4.79 Å². The van der Waals surface area contributed by atoms with Gasteiger partial charge in [0.2, 0.25) is 5.90 Å². The fraction of sp³-hybridized carbons (Fsp3) is 0.235. The Labute approximate surface area is 249 Å². The van der Waals surface area contributed by atoms with Crippen LogP contribution in [0.4, 0.5) is 0 Å². The Morgan fingerprint density at radius 2 is 1.61 bits per heavy atom. The van der Waals surface area contributed by atoms with Crippen LogP contribution in [0.25, 0.3) is 0 Å². The van der Waals surface area contributed by atoms with Gasteiger partial charge in [0.1, 0.15) is 5.75 Å². The normalized spacial score (nSPS) is 17.9. The van der Waals surface area contributed by atoms with Crippen LogP contribution in [0, 0.1) is 0 Å². The standard InChI is InChI=1S/C34H33BrN2O4/c35-30-15-8-7-14-28(30)24-34(33(39)36-21-20-25-10-3-1-4-11-25)31(26-12-5-2-6-13-26)41-32(37-34)27-16-18-29(19-17-27)40-23-9-22-38/h1-8,10-19,31,38H,9,20-24H2,(H,36,39)/t31-,34-/m1/s1. The maximum atomic E-state index is 14.3. The molecule has 0 saturated carbocycles. The first-order chi connectivity index (χ1) is 20.1. The lowest BCUT2D eigenvalue weighted by Crippen LogP contribution is -2.50. The minimum Gasteiger partial charge on any atom is -0.494 e. The lowest BCUT2D eigenvalue weighted by atomic mass is 9.82. The van der Waals surface area contributed by atoms with Crippen molar-refractivity contribution in [2.45, 2.75) is 30.9 Å². The molecular formula is C34H33BrN2O4. The molecule has 4 aromatic carbocycles. The zero-order valence-corrected chi connectivity index (χ0v) is 24.3. The van der Waals surface area contributed by atoms with Crippen LogP contribution in [0.15, 0.2) is 119 Å². The summed E-state index contributed by atoms with van der Waals surface area (Å²) >= 11 is 3.68. The molecule has 7 heteroatoms. The van der Waals surface area contributed by atoms with Gasteiger partial charge in [-0.2, -0.15) is 0 Å². The van der Waals surface area contributed by atoms with E-state index in [4.69, 9.17) is 19.6 Å². The van der Waals surface area contributed by atoms with Crippen molar-refractivity contribution < 1.29 is 19.4 Å². The highest BCUT2D eigenvalue weighted by molar-refractivity contribution is 9.10. The number of benzene rings is 4. The zero-order valence-electron chi connectivity index (χ0n) is 22.7. The second-order valence-corrected chi connectivity index (χ2v) is 10.8. The van der Waals surface area contributed by atoms with Crippen molar-refractivity contribution in [3.63, 3.8) is 0 Å². The first-order valence-corrected chi connectivity index (χ1v) is 14.6. The molecule has 4 aromatic rings. The molecule has 1 amide bonds. The van der Waals surface area contributed by atoms with Gasteiger partial charge in [-0.15, -0.1) is 0 Å². The van der Waals surface area contributed by atoms with Crippen molar-refractivity contribution in [2.24, 2.45) is 4.99 Å². The van der Waals surface area contributed by atoms with Crippen LogP contribution in [0.1, 0.15) is 34.8 Å². The quantitative estimate of drug-likeness (QED) is 0.190. The van der Waals surface area contributed by atoms with E-state index in [0.29, 0.717) is 44.1 Å². The number of nitrogens with zero attached hydrogens (tertiary/aromatic N) is 1. The molecule has 2 N–H and O–H groups in total. The van der Waals surface area contributed by atoms with E-state index in [2.05, 4.69) is 33.4 Å². The number of halogens is 1. The SMILES string of the molecule is O=C(NCCc1ccccc1)[C@]1(Cc2ccccc2Br)N=C(c2ccc(OCCCO)cc2)O[C@@H]1c1ccccc1. The molecule has 1 aliphatic rings. The Hall–Kier alpha value is -3.94. The molecule has 41 heavy (non-hydrogen) atoms. The minimum atomic E-state index is -1.24. The summed E-state index contributed by atoms with van der Waals surface area (Å²) in [5.41, 5.74) is 2.51. The molecule has 1 aliphatic heterocycles. The number of amides is 1. The molecule has 0 fully saturated rings. The smallest absolute Gasteiger partial charge is 0.252 e. The average molecular weight is 614 g/mol. The molecule has 0 aromatic heterocycles. The van der Waals surface area contributed by atoms with Crippen LogP contribution in [0.2, 0.25) is 0 Å². The van der Waals surface area contributed by atoms with E-state index in [1.165, 1.54) is 0 Å². The summed E-state index contributed by atoms with van der Waals surface area (Å²) < 4.78 is 13.2. The second-order valence-electron chi connectivity index (χ2n) is 9.96. The Kier molecular flexibility index (Phi) is 9.49. The van der Waals surface area contributed by atoms with Gasteiger partial charge < -0.3 is 19.9 Å². The van der Waals surface area contributed by atoms with Gasteiger partial charge in [0.05, 0.1) is 6.61 Å². The molecule has 2 atom stereocenters. The summed E-state index contributed by atoms with van der Waals surface area (Å²) in [4.78, 5) is 19.4. The summed E-state index contributed by atoms with van der Waals surface area (Å²) in [5.74, 6) is 0.918. The molecule has 1 heterocycles. The highest BCUT2D eigenvalue weighted by Gasteiger charge is 2.53. The number of carbonyl (C=O) groups is 1. The number of rotatable bonds is 12. The molecule has 5 rings (SSSR count). The zero-order chi connectivity index (χ0) is 28.5. The van der Waals surface area contributed by atoms with Gasteiger partial charge in [0.25, 0.3) is 5.91 Å². The van der Waals surface area contributed by atoms with E-state index in [1.54, 1.807) is 0 Å². The van der Waals surface area contributed by atoms with Gasteiger partial charge in [-0.3, -0.25) is 4.79 Å². The van der Waals surface area contributed by atoms with Gasteiger partial charge in [0.15, 0.2) is 11.6 Å². The van der Waals surface area contributed by atoms with Crippen molar-refractivity contribution >= 4 is 27.7 Å². The third-order valence-corrected chi connectivity index (χ3v) is 7.87. The number of hydrogen-bond acceptors (Lipinski definition) is 5. The van der Waals surface area contributed by atoms with E-state index in [-0.39, 0.29) is 12.5 Å². The monoisotopic (exact) mass is 612 g/mol. The number of aliphatic hydroxyl groups excluding tert-OH is 1. The predicted molar refractivity (Wildman–Crippen MR) is 164 cm³/mol. The Bertz CT molecular complexity index is 1460. The number of nitrogens with one attached hydrogen (secondary N) is 1. The van der Waals surface area contributed by atoms with Crippen LogP contribution >= 0.6 is 15.9 Å². The summed E-state index contributed by atoms with van der Waals surface area (Å²) in [6.45, 7) is 0.991. The van der Waals surface area contributed by atoms with Crippen LogP contribution in [0.5, 0.6) is 5.75 Å². The molecule has 0 unspecified atom stereocenters. The molecule has 0 bridgehead atoms. The predicted octanol–water partition coefficient (Wildman–Crippen LogP) is 6.07. The molecule has 0 saturated heterocycles. The molecule has 0 aliphatic carbocycles. The summed E-state index contributed by atoms with van der Waals surface area (Å²) in [5, 5.41) is 12.2. The van der Waals surface area contributed by atoms with Crippen molar-refractivity contribution in [1.29, 1.82) is 0 Å². The van der Waals surface area contributed by atoms with Crippen LogP contribution in [0.3, 0.4) is 0 Å². The van der Waals surface area contributed by atoms with Gasteiger partial charge in [-0.25, -0.2) is 4.99 Å². The highest BCUT2D eigenvalue weighted by Crippen LogP contribution is 2.43. The number of ether oxygens (including phenoxy) is 2. The van der Waals surface area contributed by atoms with Crippen molar-refractivity contribution in [3.8, 4) is 5.75 Å². The highest BCUT2D eigenvalue weighted by atomic mass is 79.9. The number of carbonyl (C=O) groups excluding carboxylic acids is 1. The minimum absolute atomic E-state index is 0.0800. The molecular weight excluding hydrogens is 580 g/mol. The fourth-order valence-corrected chi connectivity index (χ4v) is 5.39. The van der Waals surface area contributed by atoms with E-state index in [1.807, 2.05) is 97.1 Å².